The fourth-order valence-corrected chi connectivity index (χ4v) is 1.54. The lowest BCUT2D eigenvalue weighted by Crippen LogP contribution is -2.34. The lowest BCUT2D eigenvalue weighted by Gasteiger charge is -2.14. The molecular weight excluding hydrogens is 280 g/mol. The molecular formula is C13H16N2O6. The number of aliphatic carboxylic acids is 1. The molecule has 1 amide bonds. The molecule has 0 spiro atoms. The monoisotopic (exact) mass is 296 g/mol. The Morgan fingerprint density at radius 1 is 1.38 bits per heavy atom. The van der Waals surface area contributed by atoms with Crippen molar-refractivity contribution < 1.29 is 24.4 Å². The number of hydrogen-bond acceptors (Lipinski definition) is 5. The number of non-ortho nitro benzene ring substituents is 1. The van der Waals surface area contributed by atoms with E-state index in [4.69, 9.17) is 9.84 Å². The Morgan fingerprint density at radius 2 is 2.00 bits per heavy atom. The number of nitro groups is 1. The maximum Gasteiger partial charge on any atom is 0.408 e. The Hall–Kier alpha value is -2.64. The molecule has 0 aliphatic heterocycles. The summed E-state index contributed by atoms with van der Waals surface area (Å²) in [6, 6.07) is 3.59. The third-order valence-electron chi connectivity index (χ3n) is 2.68. The predicted octanol–water partition coefficient (Wildman–Crippen LogP) is 2.25. The summed E-state index contributed by atoms with van der Waals surface area (Å²) in [6.45, 7) is 2.13. The Balaban J connectivity index is 2.75. The number of ether oxygens (including phenoxy) is 1. The second-order valence-corrected chi connectivity index (χ2v) is 4.25. The highest BCUT2D eigenvalue weighted by atomic mass is 16.6. The number of carboxylic acid groups (broad SMARTS) is 1. The van der Waals surface area contributed by atoms with Crippen LogP contribution in [0, 0.1) is 10.1 Å². The van der Waals surface area contributed by atoms with Crippen molar-refractivity contribution in [1.29, 1.82) is 0 Å². The fraction of sp³-hybridized carbons (Fsp3) is 0.385. The van der Waals surface area contributed by atoms with Crippen molar-refractivity contribution in [3.05, 3.63) is 39.9 Å². The Bertz CT molecular complexity index is 514. The van der Waals surface area contributed by atoms with E-state index in [1.807, 2.05) is 6.92 Å². The topological polar surface area (TPSA) is 119 Å². The van der Waals surface area contributed by atoms with Gasteiger partial charge in [-0.25, -0.2) is 9.59 Å². The number of alkyl carbamates (subject to hydrolysis) is 1. The van der Waals surface area contributed by atoms with Crippen LogP contribution < -0.4 is 5.32 Å². The molecule has 2 N–H and O–H groups in total. The number of hydrogen-bond donors (Lipinski definition) is 2. The normalized spacial score (nSPS) is 11.5. The van der Waals surface area contributed by atoms with Crippen LogP contribution in [0.2, 0.25) is 0 Å². The molecule has 1 unspecified atom stereocenters. The molecule has 0 bridgehead atoms. The van der Waals surface area contributed by atoms with Crippen LogP contribution in [0.5, 0.6) is 0 Å². The second kappa shape index (κ2) is 7.83. The molecule has 0 radical (unpaired) electrons. The van der Waals surface area contributed by atoms with Crippen LogP contribution in [0.3, 0.4) is 0 Å². The standard InChI is InChI=1S/C13H16N2O6/c1-2-3-8-21-13(18)14-11(12(16)17)9-4-6-10(7-5-9)15(19)20/h4-7,11H,2-3,8H2,1H3,(H,14,18)(H,16,17). The van der Waals surface area contributed by atoms with Gasteiger partial charge in [-0.1, -0.05) is 13.3 Å². The van der Waals surface area contributed by atoms with Crippen molar-refractivity contribution in [2.45, 2.75) is 25.8 Å². The lowest BCUT2D eigenvalue weighted by atomic mass is 10.1. The van der Waals surface area contributed by atoms with E-state index in [0.29, 0.717) is 6.42 Å². The quantitative estimate of drug-likeness (QED) is 0.452. The van der Waals surface area contributed by atoms with Gasteiger partial charge in [-0.2, -0.15) is 0 Å². The highest BCUT2D eigenvalue weighted by Crippen LogP contribution is 2.18. The number of carbonyl (C=O) groups is 2. The zero-order chi connectivity index (χ0) is 15.8. The number of carbonyl (C=O) groups excluding carboxylic acids is 1. The molecule has 1 aromatic rings. The SMILES string of the molecule is CCCCOC(=O)NC(C(=O)O)c1ccc([N+](=O)[O-])cc1. The number of nitrogens with zero attached hydrogens (tertiary/aromatic N) is 1. The molecule has 8 nitrogen and oxygen atoms in total. The van der Waals surface area contributed by atoms with Crippen molar-refractivity contribution in [3.8, 4) is 0 Å². The van der Waals surface area contributed by atoms with Gasteiger partial charge in [0.25, 0.3) is 5.69 Å². The van der Waals surface area contributed by atoms with Gasteiger partial charge in [-0.05, 0) is 24.1 Å². The largest absolute Gasteiger partial charge is 0.479 e. The first-order valence-corrected chi connectivity index (χ1v) is 6.36. The van der Waals surface area contributed by atoms with Crippen LogP contribution in [0.4, 0.5) is 10.5 Å². The summed E-state index contributed by atoms with van der Waals surface area (Å²) >= 11 is 0. The molecule has 0 aromatic heterocycles. The van der Waals surface area contributed by atoms with Gasteiger partial charge in [-0.15, -0.1) is 0 Å². The van der Waals surface area contributed by atoms with Crippen LogP contribution >= 0.6 is 0 Å². The van der Waals surface area contributed by atoms with E-state index >= 15 is 0 Å². The highest BCUT2D eigenvalue weighted by Gasteiger charge is 2.23. The summed E-state index contributed by atoms with van der Waals surface area (Å²) in [4.78, 5) is 32.6. The van der Waals surface area contributed by atoms with Crippen LogP contribution in [-0.2, 0) is 9.53 Å². The van der Waals surface area contributed by atoms with Gasteiger partial charge in [0.2, 0.25) is 0 Å². The van der Waals surface area contributed by atoms with Crippen LogP contribution in [-0.4, -0.2) is 28.7 Å². The summed E-state index contributed by atoms with van der Waals surface area (Å²) in [6.07, 6.45) is 0.690. The smallest absolute Gasteiger partial charge is 0.408 e. The molecule has 0 saturated heterocycles. The molecule has 0 aliphatic rings. The first-order valence-electron chi connectivity index (χ1n) is 6.36. The van der Waals surface area contributed by atoms with E-state index in [0.717, 1.165) is 6.42 Å². The van der Waals surface area contributed by atoms with E-state index in [9.17, 15) is 19.7 Å². The molecule has 0 heterocycles. The van der Waals surface area contributed by atoms with Crippen LogP contribution in [0.15, 0.2) is 24.3 Å². The van der Waals surface area contributed by atoms with E-state index in [1.165, 1.54) is 24.3 Å². The van der Waals surface area contributed by atoms with Gasteiger partial charge >= 0.3 is 12.1 Å². The minimum atomic E-state index is -1.32. The molecule has 0 aliphatic carbocycles. The minimum absolute atomic E-state index is 0.159. The Morgan fingerprint density at radius 3 is 2.48 bits per heavy atom. The second-order valence-electron chi connectivity index (χ2n) is 4.25. The third kappa shape index (κ3) is 5.09. The highest BCUT2D eigenvalue weighted by molar-refractivity contribution is 5.81. The molecule has 1 rings (SSSR count). The maximum absolute atomic E-state index is 11.5. The zero-order valence-corrected chi connectivity index (χ0v) is 11.4. The summed E-state index contributed by atoms with van der Waals surface area (Å²) < 4.78 is 4.82. The summed E-state index contributed by atoms with van der Waals surface area (Å²) in [7, 11) is 0. The average molecular weight is 296 g/mol. The molecule has 114 valence electrons. The Kier molecular flexibility index (Phi) is 6.12. The maximum atomic E-state index is 11.5. The summed E-state index contributed by atoms with van der Waals surface area (Å²) in [5, 5.41) is 21.9. The van der Waals surface area contributed by atoms with Gasteiger partial charge in [0.15, 0.2) is 6.04 Å². The minimum Gasteiger partial charge on any atom is -0.479 e. The van der Waals surface area contributed by atoms with E-state index in [1.54, 1.807) is 0 Å². The molecule has 0 saturated carbocycles. The number of amides is 1. The van der Waals surface area contributed by atoms with E-state index < -0.39 is 23.0 Å². The zero-order valence-electron chi connectivity index (χ0n) is 11.4. The van der Waals surface area contributed by atoms with Crippen LogP contribution in [0.25, 0.3) is 0 Å². The molecule has 8 heteroatoms. The average Bonchev–Trinajstić information content (AvgIpc) is 2.45. The van der Waals surface area contributed by atoms with Gasteiger partial charge in [0, 0.05) is 12.1 Å². The number of rotatable bonds is 7. The third-order valence-corrected chi connectivity index (χ3v) is 2.68. The number of carboxylic acids is 1. The lowest BCUT2D eigenvalue weighted by molar-refractivity contribution is -0.384. The first kappa shape index (κ1) is 16.4. The first-order chi connectivity index (χ1) is 9.95. The summed E-state index contributed by atoms with van der Waals surface area (Å²) in [5.41, 5.74) is 0.0638. The number of unbranched alkanes of at least 4 members (excludes halogenated alkanes) is 1. The Labute approximate surface area is 120 Å². The number of nitrogens with one attached hydrogen (secondary N) is 1. The van der Waals surface area contributed by atoms with Crippen molar-refractivity contribution in [2.24, 2.45) is 0 Å². The van der Waals surface area contributed by atoms with Gasteiger partial charge in [-0.3, -0.25) is 10.1 Å². The summed E-state index contributed by atoms with van der Waals surface area (Å²) in [5.74, 6) is -1.28. The van der Waals surface area contributed by atoms with Gasteiger partial charge in [0.05, 0.1) is 11.5 Å². The molecule has 21 heavy (non-hydrogen) atoms. The van der Waals surface area contributed by atoms with Crippen molar-refractivity contribution in [2.75, 3.05) is 6.61 Å². The van der Waals surface area contributed by atoms with E-state index in [-0.39, 0.29) is 17.9 Å². The molecule has 1 aromatic carbocycles. The number of benzene rings is 1. The molecule has 1 atom stereocenters. The van der Waals surface area contributed by atoms with Crippen molar-refractivity contribution >= 4 is 17.7 Å². The van der Waals surface area contributed by atoms with Crippen molar-refractivity contribution in [3.63, 3.8) is 0 Å². The fourth-order valence-electron chi connectivity index (χ4n) is 1.54. The predicted molar refractivity (Wildman–Crippen MR) is 72.9 cm³/mol. The molecule has 0 fully saturated rings. The van der Waals surface area contributed by atoms with Crippen molar-refractivity contribution in [1.82, 2.24) is 5.32 Å². The van der Waals surface area contributed by atoms with E-state index in [2.05, 4.69) is 5.32 Å². The number of nitro benzene ring substituents is 1. The van der Waals surface area contributed by atoms with Gasteiger partial charge in [0.1, 0.15) is 0 Å². The van der Waals surface area contributed by atoms with Gasteiger partial charge < -0.3 is 15.2 Å². The van der Waals surface area contributed by atoms with Crippen LogP contribution in [0.1, 0.15) is 31.4 Å².